The Morgan fingerprint density at radius 1 is 1.04 bits per heavy atom. The van der Waals surface area contributed by atoms with E-state index in [-0.39, 0.29) is 5.57 Å². The number of imide groups is 2. The zero-order chi connectivity index (χ0) is 18.3. The highest BCUT2D eigenvalue weighted by atomic mass is 79.9. The van der Waals surface area contributed by atoms with Crippen LogP contribution in [0.15, 0.2) is 34.3 Å². The number of urea groups is 1. The molecule has 4 amide bonds. The Bertz CT molecular complexity index is 946. The minimum atomic E-state index is -0.737. The Morgan fingerprint density at radius 2 is 1.76 bits per heavy atom. The number of nitrogens with zero attached hydrogens (tertiary/aromatic N) is 1. The molecule has 1 saturated heterocycles. The van der Waals surface area contributed by atoms with Crippen molar-refractivity contribution in [3.8, 4) is 0 Å². The van der Waals surface area contributed by atoms with Gasteiger partial charge in [0, 0.05) is 14.2 Å². The third-order valence-electron chi connectivity index (χ3n) is 4.08. The number of barbiturate groups is 1. The molecule has 2 aromatic rings. The molecule has 1 N–H and O–H groups in total. The second-order valence-corrected chi connectivity index (χ2v) is 7.90. The van der Waals surface area contributed by atoms with Crippen molar-refractivity contribution in [3.05, 3.63) is 55.2 Å². The second-order valence-electron chi connectivity index (χ2n) is 5.72. The lowest BCUT2D eigenvalue weighted by Gasteiger charge is -2.28. The first-order chi connectivity index (χ1) is 11.8. The van der Waals surface area contributed by atoms with Crippen LogP contribution in [0.5, 0.6) is 0 Å². The van der Waals surface area contributed by atoms with Gasteiger partial charge in [-0.05, 0) is 62.2 Å². The summed E-state index contributed by atoms with van der Waals surface area (Å²) in [6.07, 6.45) is 1.52. The van der Waals surface area contributed by atoms with Gasteiger partial charge in [-0.15, -0.1) is 11.3 Å². The van der Waals surface area contributed by atoms with Gasteiger partial charge < -0.3 is 0 Å². The van der Waals surface area contributed by atoms with E-state index in [1.165, 1.54) is 17.4 Å². The van der Waals surface area contributed by atoms with Crippen molar-refractivity contribution in [2.75, 3.05) is 4.90 Å². The number of hydrogen-bond donors (Lipinski definition) is 1. The number of thiophene rings is 1. The fourth-order valence-corrected chi connectivity index (χ4v) is 3.82. The molecule has 1 aliphatic heterocycles. The first-order valence-electron chi connectivity index (χ1n) is 7.53. The number of aryl methyl sites for hydroxylation is 1. The van der Waals surface area contributed by atoms with Crippen LogP contribution in [0.3, 0.4) is 0 Å². The molecule has 0 radical (unpaired) electrons. The maximum absolute atomic E-state index is 12.9. The lowest BCUT2D eigenvalue weighted by molar-refractivity contribution is -0.122. The summed E-state index contributed by atoms with van der Waals surface area (Å²) in [5.74, 6) is -1.30. The molecule has 1 fully saturated rings. The largest absolute Gasteiger partial charge is 0.335 e. The fraction of sp³-hybridized carbons (Fsp3) is 0.167. The molecule has 2 heterocycles. The zero-order valence-electron chi connectivity index (χ0n) is 13.8. The minimum absolute atomic E-state index is 0.0542. The van der Waals surface area contributed by atoms with E-state index in [1.54, 1.807) is 12.1 Å². The molecule has 1 aliphatic rings. The van der Waals surface area contributed by atoms with E-state index in [0.717, 1.165) is 30.3 Å². The van der Waals surface area contributed by atoms with E-state index in [1.807, 2.05) is 32.9 Å². The average molecular weight is 419 g/mol. The minimum Gasteiger partial charge on any atom is -0.273 e. The van der Waals surface area contributed by atoms with Crippen LogP contribution in [0.1, 0.15) is 20.9 Å². The van der Waals surface area contributed by atoms with Crippen LogP contribution in [0.2, 0.25) is 0 Å². The fourth-order valence-electron chi connectivity index (χ4n) is 2.57. The summed E-state index contributed by atoms with van der Waals surface area (Å²) in [5.41, 5.74) is 2.12. The zero-order valence-corrected chi connectivity index (χ0v) is 16.2. The van der Waals surface area contributed by atoms with Crippen LogP contribution in [0.25, 0.3) is 6.08 Å². The lowest BCUT2D eigenvalue weighted by Crippen LogP contribution is -2.54. The van der Waals surface area contributed by atoms with Crippen LogP contribution in [-0.4, -0.2) is 17.8 Å². The van der Waals surface area contributed by atoms with Crippen molar-refractivity contribution in [2.24, 2.45) is 0 Å². The van der Waals surface area contributed by atoms with E-state index in [2.05, 4.69) is 21.2 Å². The average Bonchev–Trinajstić information content (AvgIpc) is 2.96. The van der Waals surface area contributed by atoms with Crippen molar-refractivity contribution in [1.29, 1.82) is 0 Å². The molecule has 1 aromatic heterocycles. The molecule has 1 aromatic carbocycles. The number of rotatable bonds is 2. The smallest absolute Gasteiger partial charge is 0.273 e. The normalized spacial score (nSPS) is 16.6. The van der Waals surface area contributed by atoms with E-state index in [0.29, 0.717) is 5.69 Å². The van der Waals surface area contributed by atoms with Crippen LogP contribution in [-0.2, 0) is 9.59 Å². The van der Waals surface area contributed by atoms with Gasteiger partial charge in [0.25, 0.3) is 11.8 Å². The Kier molecular flexibility index (Phi) is 4.62. The Balaban J connectivity index is 2.07. The van der Waals surface area contributed by atoms with Crippen molar-refractivity contribution >= 4 is 56.9 Å². The Labute approximate surface area is 157 Å². The highest BCUT2D eigenvalue weighted by Crippen LogP contribution is 2.31. The Hall–Kier alpha value is -2.25. The van der Waals surface area contributed by atoms with Crippen LogP contribution in [0, 0.1) is 20.8 Å². The highest BCUT2D eigenvalue weighted by Gasteiger charge is 2.37. The second kappa shape index (κ2) is 6.57. The van der Waals surface area contributed by atoms with Crippen molar-refractivity contribution in [2.45, 2.75) is 20.8 Å². The standard InChI is InChI=1S/C18H15BrN2O3S/c1-9-4-5-12(25-9)8-13-16(22)20-18(24)21(17(13)23)15-7-6-14(19)10(2)11(15)3/h4-8H,1-3H3,(H,20,22,24). The first kappa shape index (κ1) is 17.6. The molecule has 3 rings (SSSR count). The van der Waals surface area contributed by atoms with E-state index >= 15 is 0 Å². The molecule has 0 atom stereocenters. The van der Waals surface area contributed by atoms with Gasteiger partial charge in [0.2, 0.25) is 0 Å². The third kappa shape index (κ3) is 3.17. The number of halogens is 1. The number of amides is 4. The Morgan fingerprint density at radius 3 is 2.40 bits per heavy atom. The molecular weight excluding hydrogens is 404 g/mol. The molecular formula is C18H15BrN2O3S. The van der Waals surface area contributed by atoms with Gasteiger partial charge in [0.15, 0.2) is 0 Å². The molecule has 0 spiro atoms. The van der Waals surface area contributed by atoms with Gasteiger partial charge in [-0.1, -0.05) is 15.9 Å². The molecule has 0 unspecified atom stereocenters. The van der Waals surface area contributed by atoms with Gasteiger partial charge in [0.05, 0.1) is 5.69 Å². The number of carbonyl (C=O) groups is 3. The van der Waals surface area contributed by atoms with Gasteiger partial charge >= 0.3 is 6.03 Å². The predicted molar refractivity (Wildman–Crippen MR) is 102 cm³/mol. The van der Waals surface area contributed by atoms with Gasteiger partial charge in [-0.25, -0.2) is 9.69 Å². The maximum atomic E-state index is 12.9. The molecule has 128 valence electrons. The van der Waals surface area contributed by atoms with Crippen molar-refractivity contribution in [1.82, 2.24) is 5.32 Å². The van der Waals surface area contributed by atoms with Gasteiger partial charge in [0.1, 0.15) is 5.57 Å². The first-order valence-corrected chi connectivity index (χ1v) is 9.14. The molecule has 7 heteroatoms. The summed E-state index contributed by atoms with van der Waals surface area (Å²) in [6, 6.07) is 6.48. The highest BCUT2D eigenvalue weighted by molar-refractivity contribution is 9.10. The topological polar surface area (TPSA) is 66.5 Å². The van der Waals surface area contributed by atoms with E-state index < -0.39 is 17.8 Å². The monoisotopic (exact) mass is 418 g/mol. The molecule has 0 aliphatic carbocycles. The molecule has 25 heavy (non-hydrogen) atoms. The summed E-state index contributed by atoms with van der Waals surface area (Å²) in [5, 5.41) is 2.25. The summed E-state index contributed by atoms with van der Waals surface area (Å²) in [4.78, 5) is 40.2. The summed E-state index contributed by atoms with van der Waals surface area (Å²) in [6.45, 7) is 5.67. The number of hydrogen-bond acceptors (Lipinski definition) is 4. The maximum Gasteiger partial charge on any atom is 0.335 e. The van der Waals surface area contributed by atoms with Crippen molar-refractivity contribution < 1.29 is 14.4 Å². The third-order valence-corrected chi connectivity index (χ3v) is 5.89. The van der Waals surface area contributed by atoms with Crippen LogP contribution < -0.4 is 10.2 Å². The molecule has 5 nitrogen and oxygen atoms in total. The van der Waals surface area contributed by atoms with Crippen LogP contribution in [0.4, 0.5) is 10.5 Å². The van der Waals surface area contributed by atoms with E-state index in [4.69, 9.17) is 0 Å². The summed E-state index contributed by atoms with van der Waals surface area (Å²) < 4.78 is 0.888. The summed E-state index contributed by atoms with van der Waals surface area (Å²) in [7, 11) is 0. The lowest BCUT2D eigenvalue weighted by atomic mass is 10.0. The summed E-state index contributed by atoms with van der Waals surface area (Å²) >= 11 is 4.91. The number of carbonyl (C=O) groups excluding carboxylic acids is 3. The van der Waals surface area contributed by atoms with Crippen molar-refractivity contribution in [3.63, 3.8) is 0 Å². The van der Waals surface area contributed by atoms with Gasteiger partial charge in [-0.2, -0.15) is 0 Å². The SMILES string of the molecule is Cc1ccc(C=C2C(=O)NC(=O)N(c3ccc(Br)c(C)c3C)C2=O)s1. The molecule has 0 bridgehead atoms. The van der Waals surface area contributed by atoms with E-state index in [9.17, 15) is 14.4 Å². The number of nitrogens with one attached hydrogen (secondary N) is 1. The molecule has 0 saturated carbocycles. The number of anilines is 1. The quantitative estimate of drug-likeness (QED) is 0.589. The van der Waals surface area contributed by atoms with Crippen LogP contribution >= 0.6 is 27.3 Å². The van der Waals surface area contributed by atoms with Gasteiger partial charge in [-0.3, -0.25) is 14.9 Å². The predicted octanol–water partition coefficient (Wildman–Crippen LogP) is 4.10. The number of benzene rings is 1.